The Hall–Kier alpha value is -1.98. The van der Waals surface area contributed by atoms with Crippen LogP contribution in [0.4, 0.5) is 14.5 Å². The fourth-order valence-corrected chi connectivity index (χ4v) is 3.07. The van der Waals surface area contributed by atoms with Crippen molar-refractivity contribution in [3.8, 4) is 0 Å². The van der Waals surface area contributed by atoms with Crippen molar-refractivity contribution < 1.29 is 18.4 Å². The number of hydrogen-bond acceptors (Lipinski definition) is 2. The topological polar surface area (TPSA) is 40.6 Å². The van der Waals surface area contributed by atoms with Crippen LogP contribution in [0, 0.1) is 11.6 Å². The lowest BCUT2D eigenvalue weighted by Gasteiger charge is -2.34. The second kappa shape index (κ2) is 5.42. The van der Waals surface area contributed by atoms with Crippen LogP contribution in [0.2, 0.25) is 0 Å². The summed E-state index contributed by atoms with van der Waals surface area (Å²) in [5.74, 6) is -1.81. The van der Waals surface area contributed by atoms with Crippen molar-refractivity contribution >= 4 is 17.5 Å². The first-order chi connectivity index (χ1) is 10.1. The molecule has 21 heavy (non-hydrogen) atoms. The molecule has 0 spiro atoms. The van der Waals surface area contributed by atoms with E-state index in [2.05, 4.69) is 0 Å². The molecule has 0 N–H and O–H groups in total. The number of nitrogens with zero attached hydrogens (tertiary/aromatic N) is 2. The molecule has 1 unspecified atom stereocenters. The number of rotatable bonds is 1. The van der Waals surface area contributed by atoms with E-state index >= 15 is 0 Å². The minimum Gasteiger partial charge on any atom is -0.331 e. The molecule has 0 radical (unpaired) electrons. The SMILES string of the molecule is O=C1C2CCCCN2C(=O)CCN1c1ccc(F)cc1F. The van der Waals surface area contributed by atoms with Crippen LogP contribution in [0.15, 0.2) is 18.2 Å². The van der Waals surface area contributed by atoms with Gasteiger partial charge >= 0.3 is 0 Å². The van der Waals surface area contributed by atoms with Gasteiger partial charge in [-0.25, -0.2) is 8.78 Å². The Morgan fingerprint density at radius 2 is 1.90 bits per heavy atom. The van der Waals surface area contributed by atoms with Gasteiger partial charge < -0.3 is 9.80 Å². The molecule has 112 valence electrons. The van der Waals surface area contributed by atoms with Crippen LogP contribution in [0.25, 0.3) is 0 Å². The molecule has 1 aromatic rings. The summed E-state index contributed by atoms with van der Waals surface area (Å²) in [5, 5.41) is 0. The number of hydrogen-bond donors (Lipinski definition) is 0. The van der Waals surface area contributed by atoms with E-state index in [0.29, 0.717) is 13.0 Å². The molecule has 1 atom stereocenters. The monoisotopic (exact) mass is 294 g/mol. The lowest BCUT2D eigenvalue weighted by Crippen LogP contribution is -2.50. The number of carbonyl (C=O) groups is 2. The van der Waals surface area contributed by atoms with Crippen LogP contribution < -0.4 is 4.90 Å². The Balaban J connectivity index is 1.95. The minimum absolute atomic E-state index is 0.0432. The maximum absolute atomic E-state index is 13.9. The molecule has 3 rings (SSSR count). The van der Waals surface area contributed by atoms with Crippen molar-refractivity contribution in [3.05, 3.63) is 29.8 Å². The van der Waals surface area contributed by atoms with E-state index < -0.39 is 17.7 Å². The molecule has 2 aliphatic rings. The van der Waals surface area contributed by atoms with Gasteiger partial charge in [0.1, 0.15) is 17.7 Å². The van der Waals surface area contributed by atoms with Gasteiger partial charge in [-0.05, 0) is 31.4 Å². The first-order valence-corrected chi connectivity index (χ1v) is 7.14. The summed E-state index contributed by atoms with van der Waals surface area (Å²) in [6.07, 6.45) is 2.53. The average molecular weight is 294 g/mol. The van der Waals surface area contributed by atoms with Crippen LogP contribution in [-0.2, 0) is 9.59 Å². The molecule has 2 fully saturated rings. The highest BCUT2D eigenvalue weighted by Gasteiger charge is 2.38. The zero-order chi connectivity index (χ0) is 15.0. The molecule has 2 aliphatic heterocycles. The first-order valence-electron chi connectivity index (χ1n) is 7.14. The highest BCUT2D eigenvalue weighted by Crippen LogP contribution is 2.28. The van der Waals surface area contributed by atoms with Crippen LogP contribution >= 0.6 is 0 Å². The van der Waals surface area contributed by atoms with Crippen molar-refractivity contribution in [2.45, 2.75) is 31.7 Å². The molecule has 2 heterocycles. The van der Waals surface area contributed by atoms with Gasteiger partial charge in [-0.2, -0.15) is 0 Å². The largest absolute Gasteiger partial charge is 0.331 e. The molecular formula is C15H16F2N2O2. The Morgan fingerprint density at radius 3 is 2.67 bits per heavy atom. The molecule has 1 aromatic carbocycles. The van der Waals surface area contributed by atoms with Gasteiger partial charge in [-0.15, -0.1) is 0 Å². The van der Waals surface area contributed by atoms with E-state index in [-0.39, 0.29) is 30.5 Å². The fraction of sp³-hybridized carbons (Fsp3) is 0.467. The first kappa shape index (κ1) is 14.0. The van der Waals surface area contributed by atoms with E-state index in [4.69, 9.17) is 0 Å². The van der Waals surface area contributed by atoms with Crippen LogP contribution in [-0.4, -0.2) is 35.8 Å². The molecule has 2 saturated heterocycles. The molecule has 0 saturated carbocycles. The maximum Gasteiger partial charge on any atom is 0.249 e. The predicted molar refractivity (Wildman–Crippen MR) is 72.7 cm³/mol. The Kier molecular flexibility index (Phi) is 3.61. The third-order valence-electron chi connectivity index (χ3n) is 4.12. The van der Waals surface area contributed by atoms with E-state index in [1.807, 2.05) is 0 Å². The second-order valence-electron chi connectivity index (χ2n) is 5.43. The average Bonchev–Trinajstić information content (AvgIpc) is 2.59. The molecule has 0 bridgehead atoms. The van der Waals surface area contributed by atoms with Crippen molar-refractivity contribution in [1.29, 1.82) is 0 Å². The molecule has 0 aliphatic carbocycles. The van der Waals surface area contributed by atoms with Gasteiger partial charge in [0.05, 0.1) is 5.69 Å². The van der Waals surface area contributed by atoms with E-state index in [0.717, 1.165) is 25.0 Å². The fourth-order valence-electron chi connectivity index (χ4n) is 3.07. The number of fused-ring (bicyclic) bond motifs is 1. The smallest absolute Gasteiger partial charge is 0.249 e. The summed E-state index contributed by atoms with van der Waals surface area (Å²) in [6, 6.07) is 2.62. The van der Waals surface area contributed by atoms with Crippen LogP contribution in [0.1, 0.15) is 25.7 Å². The van der Waals surface area contributed by atoms with Gasteiger partial charge in [0.15, 0.2) is 0 Å². The number of amides is 2. The van der Waals surface area contributed by atoms with Crippen molar-refractivity contribution in [2.75, 3.05) is 18.0 Å². The standard InChI is InChI=1S/C15H16F2N2O2/c16-10-4-5-12(11(17)9-10)19-8-6-14(20)18-7-2-1-3-13(18)15(19)21/h4-5,9,13H,1-3,6-8H2. The number of carbonyl (C=O) groups excluding carboxylic acids is 2. The lowest BCUT2D eigenvalue weighted by atomic mass is 10.0. The number of halogens is 2. The number of benzene rings is 1. The van der Waals surface area contributed by atoms with Crippen LogP contribution in [0.3, 0.4) is 0 Å². The maximum atomic E-state index is 13.9. The van der Waals surface area contributed by atoms with Gasteiger partial charge in [-0.3, -0.25) is 9.59 Å². The van der Waals surface area contributed by atoms with E-state index in [9.17, 15) is 18.4 Å². The zero-order valence-electron chi connectivity index (χ0n) is 11.5. The number of anilines is 1. The van der Waals surface area contributed by atoms with Crippen molar-refractivity contribution in [2.24, 2.45) is 0 Å². The molecular weight excluding hydrogens is 278 g/mol. The summed E-state index contributed by atoms with van der Waals surface area (Å²) in [6.45, 7) is 0.711. The summed E-state index contributed by atoms with van der Waals surface area (Å²) in [7, 11) is 0. The highest BCUT2D eigenvalue weighted by molar-refractivity contribution is 6.01. The zero-order valence-corrected chi connectivity index (χ0v) is 11.5. The summed E-state index contributed by atoms with van der Waals surface area (Å²) >= 11 is 0. The van der Waals surface area contributed by atoms with Gasteiger partial charge in [0, 0.05) is 25.6 Å². The minimum atomic E-state index is -0.778. The van der Waals surface area contributed by atoms with Gasteiger partial charge in [0.25, 0.3) is 0 Å². The molecule has 6 heteroatoms. The Labute approximate surface area is 121 Å². The predicted octanol–water partition coefficient (Wildman–Crippen LogP) is 2.08. The van der Waals surface area contributed by atoms with Crippen molar-refractivity contribution in [1.82, 2.24) is 4.90 Å². The summed E-state index contributed by atoms with van der Waals surface area (Å²) < 4.78 is 26.9. The summed E-state index contributed by atoms with van der Waals surface area (Å²) in [4.78, 5) is 27.6. The molecule has 0 aromatic heterocycles. The van der Waals surface area contributed by atoms with Gasteiger partial charge in [0.2, 0.25) is 11.8 Å². The highest BCUT2D eigenvalue weighted by atomic mass is 19.1. The van der Waals surface area contributed by atoms with E-state index in [1.165, 1.54) is 11.0 Å². The molecule has 2 amide bonds. The Morgan fingerprint density at radius 1 is 1.10 bits per heavy atom. The normalized spacial score (nSPS) is 23.0. The third-order valence-corrected chi connectivity index (χ3v) is 4.12. The van der Waals surface area contributed by atoms with Crippen molar-refractivity contribution in [3.63, 3.8) is 0 Å². The van der Waals surface area contributed by atoms with Gasteiger partial charge in [-0.1, -0.05) is 0 Å². The molecule has 4 nitrogen and oxygen atoms in total. The number of piperidine rings is 1. The quantitative estimate of drug-likeness (QED) is 0.795. The summed E-state index contributed by atoms with van der Waals surface area (Å²) in [5.41, 5.74) is 0.0432. The van der Waals surface area contributed by atoms with Crippen LogP contribution in [0.5, 0.6) is 0 Å². The van der Waals surface area contributed by atoms with E-state index in [1.54, 1.807) is 4.90 Å². The third kappa shape index (κ3) is 2.50. The second-order valence-corrected chi connectivity index (χ2v) is 5.43. The Bertz CT molecular complexity index is 591. The lowest BCUT2D eigenvalue weighted by molar-refractivity contribution is -0.139.